The predicted octanol–water partition coefficient (Wildman–Crippen LogP) is 16.4. The van der Waals surface area contributed by atoms with E-state index in [1.54, 1.807) is 0 Å². The summed E-state index contributed by atoms with van der Waals surface area (Å²) < 4.78 is 10.7. The van der Waals surface area contributed by atoms with Crippen LogP contribution in [0.4, 0.5) is 22.7 Å². The summed E-state index contributed by atoms with van der Waals surface area (Å²) >= 11 is 0. The van der Waals surface area contributed by atoms with E-state index in [2.05, 4.69) is 217 Å². The minimum Gasteiger partial charge on any atom is -0.457 e. The third kappa shape index (κ3) is 6.61. The number of quaternary nitrogens is 2. The molecule has 5 heteroatoms. The molecular weight excluding hydrogens is 757 g/mol. The highest BCUT2D eigenvalue weighted by Crippen LogP contribution is 2.76. The predicted molar refractivity (Wildman–Crippen MR) is 263 cm³/mol. The molecule has 1 unspecified atom stereocenters. The second-order valence-corrected chi connectivity index (χ2v) is 22.3. The summed E-state index contributed by atoms with van der Waals surface area (Å²) in [6.45, 7) is 34.6. The molecule has 0 saturated carbocycles. The zero-order valence-corrected chi connectivity index (χ0v) is 39.7. The Kier molecular flexibility index (Phi) is 9.60. The van der Waals surface area contributed by atoms with E-state index in [0.717, 1.165) is 41.2 Å². The molecule has 1 saturated heterocycles. The van der Waals surface area contributed by atoms with Crippen LogP contribution >= 0.6 is 0 Å². The third-order valence-electron chi connectivity index (χ3n) is 13.9. The Morgan fingerprint density at radius 1 is 0.532 bits per heavy atom. The van der Waals surface area contributed by atoms with Gasteiger partial charge in [0.15, 0.2) is 18.0 Å². The van der Waals surface area contributed by atoms with Crippen LogP contribution in [0.3, 0.4) is 0 Å². The minimum atomic E-state index is -0.112. The van der Waals surface area contributed by atoms with Gasteiger partial charge in [-0.25, -0.2) is 4.98 Å². The van der Waals surface area contributed by atoms with Gasteiger partial charge in [0.1, 0.15) is 17.3 Å². The summed E-state index contributed by atoms with van der Waals surface area (Å²) in [5.74, 6) is 3.10. The van der Waals surface area contributed by atoms with Crippen molar-refractivity contribution in [2.75, 3.05) is 0 Å². The molecule has 2 aliphatic heterocycles. The van der Waals surface area contributed by atoms with Crippen LogP contribution in [0.2, 0.25) is 0 Å². The van der Waals surface area contributed by atoms with Crippen LogP contribution in [-0.4, -0.2) is 9.55 Å². The van der Waals surface area contributed by atoms with Crippen LogP contribution in [0.1, 0.15) is 144 Å². The topological polar surface area (TPSA) is 27.1 Å². The number of fused-ring (bicyclic) bond motifs is 7. The second-order valence-electron chi connectivity index (χ2n) is 22.3. The maximum absolute atomic E-state index is 7.11. The number of hydrogen-bond acceptors (Lipinski definition) is 2. The van der Waals surface area contributed by atoms with Crippen molar-refractivity contribution in [2.45, 2.75) is 137 Å². The molecule has 0 bridgehead atoms. The van der Waals surface area contributed by atoms with Crippen molar-refractivity contribution in [3.63, 3.8) is 0 Å². The van der Waals surface area contributed by atoms with Crippen molar-refractivity contribution >= 4 is 44.6 Å². The Bertz CT molecular complexity index is 2890. The Balaban J connectivity index is 1.21. The van der Waals surface area contributed by atoms with Gasteiger partial charge in [0.05, 0.1) is 11.0 Å². The molecule has 0 amide bonds. The van der Waals surface area contributed by atoms with Gasteiger partial charge < -0.3 is 4.74 Å². The van der Waals surface area contributed by atoms with E-state index in [-0.39, 0.29) is 21.7 Å². The van der Waals surface area contributed by atoms with Gasteiger partial charge in [-0.15, -0.1) is 0 Å². The lowest BCUT2D eigenvalue weighted by Crippen LogP contribution is -2.47. The molecule has 2 aliphatic rings. The van der Waals surface area contributed by atoms with Gasteiger partial charge in [-0.3, -0.25) is 4.57 Å². The molecule has 5 nitrogen and oxygen atoms in total. The van der Waals surface area contributed by atoms with Crippen molar-refractivity contribution in [3.05, 3.63) is 150 Å². The summed E-state index contributed by atoms with van der Waals surface area (Å²) in [7, 11) is 0. The lowest BCUT2D eigenvalue weighted by molar-refractivity contribution is 0.420. The normalized spacial score (nSPS) is 18.8. The molecule has 9 rings (SSSR count). The number of benzene rings is 5. The average Bonchev–Trinajstić information content (AvgIpc) is 3.71. The summed E-state index contributed by atoms with van der Waals surface area (Å²) in [5, 5.41) is 2.39. The maximum Gasteiger partial charge on any atom is 0.225 e. The monoisotopic (exact) mass is 824 g/mol. The zero-order chi connectivity index (χ0) is 44.4. The first-order chi connectivity index (χ1) is 29.1. The quantitative estimate of drug-likeness (QED) is 0.0867. The molecule has 0 radical (unpaired) electrons. The fourth-order valence-electron chi connectivity index (χ4n) is 9.91. The third-order valence-corrected chi connectivity index (χ3v) is 13.9. The van der Waals surface area contributed by atoms with E-state index >= 15 is 0 Å². The van der Waals surface area contributed by atoms with Gasteiger partial charge >= 0.3 is 0 Å². The SMILES string of the molecule is CCC(CC)c1cccc([N@+]23[CH-][N+]2(c2cc(Oc4ccc5c6ccc(C(C)(C)C)cc6n(-c6cc(C(C)(C)C)ccn6)c5c4)cc(C(C)(C)C)c2)c2cc(C(C)(C)C)ccc23)c1. The summed E-state index contributed by atoms with van der Waals surface area (Å²) in [4.78, 5) is 5.01. The zero-order valence-electron chi connectivity index (χ0n) is 39.7. The van der Waals surface area contributed by atoms with Crippen LogP contribution in [0.15, 0.2) is 115 Å². The summed E-state index contributed by atoms with van der Waals surface area (Å²) in [5.41, 5.74) is 13.9. The van der Waals surface area contributed by atoms with Crippen LogP contribution in [0.25, 0.3) is 27.6 Å². The van der Waals surface area contributed by atoms with E-state index in [1.165, 1.54) is 61.3 Å². The number of ether oxygens (including phenoxy) is 1. The van der Waals surface area contributed by atoms with E-state index in [9.17, 15) is 0 Å². The number of rotatable bonds is 8. The van der Waals surface area contributed by atoms with Crippen LogP contribution in [0, 0.1) is 6.67 Å². The fourth-order valence-corrected chi connectivity index (χ4v) is 9.91. The Morgan fingerprint density at radius 3 is 1.79 bits per heavy atom. The molecule has 0 spiro atoms. The van der Waals surface area contributed by atoms with Crippen molar-refractivity contribution in [3.8, 4) is 17.3 Å². The van der Waals surface area contributed by atoms with Crippen molar-refractivity contribution < 1.29 is 4.74 Å². The molecule has 4 heterocycles. The van der Waals surface area contributed by atoms with Gasteiger partial charge in [0, 0.05) is 59.4 Å². The fraction of sp³-hybridized carbons (Fsp3) is 0.368. The molecule has 2 aromatic heterocycles. The van der Waals surface area contributed by atoms with Crippen molar-refractivity contribution in [1.29, 1.82) is 0 Å². The van der Waals surface area contributed by atoms with E-state index in [0.29, 0.717) is 15.1 Å². The highest BCUT2D eigenvalue weighted by atomic mass is 16.5. The van der Waals surface area contributed by atoms with Crippen molar-refractivity contribution in [1.82, 2.24) is 18.7 Å². The highest BCUT2D eigenvalue weighted by molar-refractivity contribution is 6.09. The first-order valence-corrected chi connectivity index (χ1v) is 22.9. The molecule has 5 aromatic carbocycles. The first-order valence-electron chi connectivity index (χ1n) is 22.9. The molecule has 62 heavy (non-hydrogen) atoms. The second kappa shape index (κ2) is 14.1. The number of aromatic nitrogens is 2. The lowest BCUT2D eigenvalue weighted by atomic mass is 9.85. The van der Waals surface area contributed by atoms with Crippen LogP contribution < -0.4 is 13.9 Å². The average molecular weight is 824 g/mol. The van der Waals surface area contributed by atoms with Crippen molar-refractivity contribution in [2.24, 2.45) is 0 Å². The minimum absolute atomic E-state index is 0.000979. The van der Waals surface area contributed by atoms with Gasteiger partial charge in [0.25, 0.3) is 0 Å². The van der Waals surface area contributed by atoms with E-state index < -0.39 is 0 Å². The number of pyridine rings is 1. The van der Waals surface area contributed by atoms with Crippen LogP contribution in [-0.2, 0) is 21.7 Å². The highest BCUT2D eigenvalue weighted by Gasteiger charge is 2.78. The number of nitrogens with zero attached hydrogens (tertiary/aromatic N) is 4. The Morgan fingerprint density at radius 2 is 1.13 bits per heavy atom. The molecule has 0 aliphatic carbocycles. The van der Waals surface area contributed by atoms with Gasteiger partial charge in [-0.2, -0.15) is 9.18 Å². The standard InChI is InChI=1S/C57H67N4O/c1-15-37(16-2)38-18-17-19-43(28-38)60-36-61(60,52-32-40(55(6,7)8)21-25-51(52)60)44-29-42(57(12,13)14)30-46(34-44)62-45-22-24-48-47-23-20-39(54(3,4)5)31-49(47)59(50(48)35-45)53-33-41(26-27-58-53)56(9,10)11/h17-37H,15-16H2,1-14H3/q+1/t60-,61?/m0/s1. The van der Waals surface area contributed by atoms with E-state index in [1.807, 2.05) is 6.20 Å². The Labute approximate surface area is 371 Å². The summed E-state index contributed by atoms with van der Waals surface area (Å²) in [6, 6.07) is 41.5. The molecule has 0 N–H and O–H groups in total. The Hall–Kier alpha value is -5.23. The van der Waals surface area contributed by atoms with Gasteiger partial charge in [-0.05, 0) is 105 Å². The molecule has 1 fully saturated rings. The molecule has 320 valence electrons. The number of hydrogen-bond donors (Lipinski definition) is 0. The van der Waals surface area contributed by atoms with Gasteiger partial charge in [-0.1, -0.05) is 127 Å². The first kappa shape index (κ1) is 42.1. The van der Waals surface area contributed by atoms with Crippen LogP contribution in [0.5, 0.6) is 11.5 Å². The smallest absolute Gasteiger partial charge is 0.225 e. The largest absolute Gasteiger partial charge is 0.457 e. The molecule has 7 aromatic rings. The van der Waals surface area contributed by atoms with E-state index in [4.69, 9.17) is 9.72 Å². The van der Waals surface area contributed by atoms with Gasteiger partial charge in [0.2, 0.25) is 11.4 Å². The molecule has 2 atom stereocenters. The lowest BCUT2D eigenvalue weighted by Gasteiger charge is -2.41. The summed E-state index contributed by atoms with van der Waals surface area (Å²) in [6.07, 6.45) is 4.22. The maximum atomic E-state index is 7.11. The molecular formula is C57H67N4O+.